The van der Waals surface area contributed by atoms with Crippen LogP contribution in [0.5, 0.6) is 0 Å². The third kappa shape index (κ3) is 15.8. The molecule has 0 aliphatic rings. The molecule has 0 aromatic heterocycles. The van der Waals surface area contributed by atoms with Gasteiger partial charge in [-0.05, 0) is 20.2 Å². The lowest BCUT2D eigenvalue weighted by molar-refractivity contribution is -0.123. The van der Waals surface area contributed by atoms with E-state index in [1.807, 2.05) is 0 Å². The Kier molecular flexibility index (Phi) is 11.0. The monoisotopic (exact) mass is 263 g/mol. The van der Waals surface area contributed by atoms with Crippen molar-refractivity contribution in [3.8, 4) is 0 Å². The van der Waals surface area contributed by atoms with E-state index in [4.69, 9.17) is 9.68 Å². The second-order valence-electron chi connectivity index (χ2n) is 4.67. The maximum atomic E-state index is 10.1. The summed E-state index contributed by atoms with van der Waals surface area (Å²) in [5, 5.41) is 8.70. The van der Waals surface area contributed by atoms with Gasteiger partial charge in [0.2, 0.25) is 6.41 Å². The van der Waals surface area contributed by atoms with Gasteiger partial charge in [-0.15, -0.1) is 0 Å². The van der Waals surface area contributed by atoms with Crippen LogP contribution < -0.4 is 0 Å². The van der Waals surface area contributed by atoms with Crippen LogP contribution in [0.3, 0.4) is 0 Å². The number of thiol groups is 1. The fourth-order valence-electron chi connectivity index (χ4n) is 1.08. The first kappa shape index (κ1) is 19.2. The molecule has 102 valence electrons. The van der Waals surface area contributed by atoms with Crippen LogP contribution in [0.1, 0.15) is 40.5 Å². The van der Waals surface area contributed by atoms with Crippen molar-refractivity contribution in [2.24, 2.45) is 0 Å². The topological polar surface area (TPSA) is 49.8 Å². The normalized spacial score (nSPS) is 12.2. The Morgan fingerprint density at radius 2 is 2.06 bits per heavy atom. The number of nitrogens with zero attached hydrogens (tertiary/aromatic N) is 1. The fraction of sp³-hybridized carbons (Fsp3) is 0.909. The van der Waals surface area contributed by atoms with E-state index in [9.17, 15) is 4.79 Å². The molecule has 0 spiro atoms. The summed E-state index contributed by atoms with van der Waals surface area (Å²) in [6, 6.07) is 0. The SMILES string of the molecule is CB(O)O[C@H](C)N(C)C=O.CCCC(C)(C)S. The average Bonchev–Trinajstić information content (AvgIpc) is 2.14. The zero-order valence-electron chi connectivity index (χ0n) is 11.8. The minimum Gasteiger partial charge on any atom is -0.427 e. The van der Waals surface area contributed by atoms with Crippen LogP contribution in [0, 0.1) is 0 Å². The van der Waals surface area contributed by atoms with E-state index in [0.29, 0.717) is 6.41 Å². The molecule has 17 heavy (non-hydrogen) atoms. The molecule has 0 heterocycles. The maximum Gasteiger partial charge on any atom is 0.452 e. The Labute approximate surface area is 111 Å². The van der Waals surface area contributed by atoms with Crippen LogP contribution in [0.25, 0.3) is 0 Å². The van der Waals surface area contributed by atoms with Gasteiger partial charge in [0, 0.05) is 11.8 Å². The molecule has 1 amide bonds. The first-order valence-electron chi connectivity index (χ1n) is 5.87. The molecular formula is C11H26BNO3S. The van der Waals surface area contributed by atoms with Crippen LogP contribution in [0.4, 0.5) is 0 Å². The van der Waals surface area contributed by atoms with Crippen molar-refractivity contribution >= 4 is 26.2 Å². The molecule has 6 heteroatoms. The number of rotatable bonds is 6. The summed E-state index contributed by atoms with van der Waals surface area (Å²) in [4.78, 5) is 11.4. The lowest BCUT2D eigenvalue weighted by Crippen LogP contribution is -2.34. The second kappa shape index (κ2) is 9.80. The predicted octanol–water partition coefficient (Wildman–Crippen LogP) is 2.04. The smallest absolute Gasteiger partial charge is 0.427 e. The Morgan fingerprint density at radius 3 is 2.24 bits per heavy atom. The van der Waals surface area contributed by atoms with E-state index >= 15 is 0 Å². The lowest BCUT2D eigenvalue weighted by atomic mass is 9.97. The fourth-order valence-corrected chi connectivity index (χ4v) is 1.30. The van der Waals surface area contributed by atoms with Gasteiger partial charge in [0.15, 0.2) is 0 Å². The standard InChI is InChI=1S/C6H14S.C5H12BNO3/c1-4-5-6(2,3)7;1-5(7(3)4-8)10-6(2)9/h7H,4-5H2,1-3H3;4-5,9H,1-3H3/t;5-/m.1/s1. The first-order chi connectivity index (χ1) is 7.64. The minimum atomic E-state index is -0.836. The largest absolute Gasteiger partial charge is 0.452 e. The van der Waals surface area contributed by atoms with Gasteiger partial charge in [0.1, 0.15) is 6.23 Å². The summed E-state index contributed by atoms with van der Waals surface area (Å²) in [7, 11) is 0.748. The van der Waals surface area contributed by atoms with Crippen molar-refractivity contribution in [1.82, 2.24) is 4.90 Å². The summed E-state index contributed by atoms with van der Waals surface area (Å²) < 4.78 is 5.10. The molecular weight excluding hydrogens is 237 g/mol. The van der Waals surface area contributed by atoms with E-state index in [-0.39, 0.29) is 11.0 Å². The Hall–Kier alpha value is -0.195. The van der Waals surface area contributed by atoms with Crippen LogP contribution in [0.15, 0.2) is 0 Å². The first-order valence-corrected chi connectivity index (χ1v) is 6.32. The van der Waals surface area contributed by atoms with Crippen molar-refractivity contribution in [3.63, 3.8) is 0 Å². The quantitative estimate of drug-likeness (QED) is 0.334. The lowest BCUT2D eigenvalue weighted by Gasteiger charge is -2.20. The summed E-state index contributed by atoms with van der Waals surface area (Å²) in [6.07, 6.45) is 2.71. The summed E-state index contributed by atoms with van der Waals surface area (Å²) >= 11 is 4.33. The molecule has 0 saturated heterocycles. The maximum absolute atomic E-state index is 10.1. The van der Waals surface area contributed by atoms with Gasteiger partial charge in [0.25, 0.3) is 0 Å². The van der Waals surface area contributed by atoms with Crippen LogP contribution in [-0.4, -0.2) is 41.5 Å². The van der Waals surface area contributed by atoms with Crippen molar-refractivity contribution < 1.29 is 14.5 Å². The van der Waals surface area contributed by atoms with E-state index in [2.05, 4.69) is 33.4 Å². The van der Waals surface area contributed by atoms with Gasteiger partial charge in [-0.2, -0.15) is 12.6 Å². The molecule has 0 saturated carbocycles. The highest BCUT2D eigenvalue weighted by Crippen LogP contribution is 2.17. The molecule has 0 aromatic rings. The van der Waals surface area contributed by atoms with Crippen molar-refractivity contribution in [2.45, 2.75) is 58.3 Å². The molecule has 0 aliphatic heterocycles. The molecule has 1 atom stereocenters. The highest BCUT2D eigenvalue weighted by Gasteiger charge is 2.12. The van der Waals surface area contributed by atoms with Gasteiger partial charge in [-0.1, -0.05) is 27.2 Å². The van der Waals surface area contributed by atoms with Crippen LogP contribution in [-0.2, 0) is 9.45 Å². The van der Waals surface area contributed by atoms with Gasteiger partial charge in [0.05, 0.1) is 0 Å². The molecule has 0 bridgehead atoms. The highest BCUT2D eigenvalue weighted by atomic mass is 32.1. The molecule has 0 aliphatic carbocycles. The molecule has 4 nitrogen and oxygen atoms in total. The third-order valence-electron chi connectivity index (χ3n) is 2.00. The van der Waals surface area contributed by atoms with Gasteiger partial charge < -0.3 is 14.6 Å². The summed E-state index contributed by atoms with van der Waals surface area (Å²) in [6.45, 7) is 9.63. The number of amides is 1. The Balaban J connectivity index is 0. The molecule has 1 N–H and O–H groups in total. The predicted molar refractivity (Wildman–Crippen MR) is 76.2 cm³/mol. The summed E-state index contributed by atoms with van der Waals surface area (Å²) in [5.41, 5.74) is 0. The van der Waals surface area contributed by atoms with E-state index in [0.717, 1.165) is 0 Å². The van der Waals surface area contributed by atoms with Gasteiger partial charge in [-0.3, -0.25) is 4.79 Å². The molecule has 0 rings (SSSR count). The highest BCUT2D eigenvalue weighted by molar-refractivity contribution is 7.81. The van der Waals surface area contributed by atoms with Gasteiger partial charge in [-0.25, -0.2) is 0 Å². The number of carbonyl (C=O) groups is 1. The zero-order valence-corrected chi connectivity index (χ0v) is 12.7. The minimum absolute atomic E-state index is 0.245. The third-order valence-corrected chi connectivity index (χ3v) is 2.22. The number of hydrogen-bond acceptors (Lipinski definition) is 4. The van der Waals surface area contributed by atoms with Crippen molar-refractivity contribution in [3.05, 3.63) is 0 Å². The summed E-state index contributed by atoms with van der Waals surface area (Å²) in [5.74, 6) is 0. The number of carbonyl (C=O) groups excluding carboxylic acids is 1. The van der Waals surface area contributed by atoms with Crippen molar-refractivity contribution in [1.29, 1.82) is 0 Å². The van der Waals surface area contributed by atoms with E-state index < -0.39 is 7.12 Å². The number of hydrogen-bond donors (Lipinski definition) is 2. The van der Waals surface area contributed by atoms with Crippen molar-refractivity contribution in [2.75, 3.05) is 7.05 Å². The second-order valence-corrected chi connectivity index (χ2v) is 5.88. The zero-order chi connectivity index (χ0) is 14.1. The van der Waals surface area contributed by atoms with Crippen LogP contribution in [0.2, 0.25) is 6.82 Å². The molecule has 0 radical (unpaired) electrons. The van der Waals surface area contributed by atoms with E-state index in [1.54, 1.807) is 14.0 Å². The average molecular weight is 263 g/mol. The molecule has 0 aromatic carbocycles. The molecule has 0 unspecified atom stereocenters. The van der Waals surface area contributed by atoms with Crippen LogP contribution >= 0.6 is 12.6 Å². The molecule has 0 fully saturated rings. The van der Waals surface area contributed by atoms with E-state index in [1.165, 1.54) is 24.6 Å². The van der Waals surface area contributed by atoms with Gasteiger partial charge >= 0.3 is 7.12 Å². The Morgan fingerprint density at radius 1 is 1.59 bits per heavy atom. The Bertz CT molecular complexity index is 198.